The zero-order valence-corrected chi connectivity index (χ0v) is 25.3. The van der Waals surface area contributed by atoms with Gasteiger partial charge in [0, 0.05) is 36.5 Å². The first-order valence-corrected chi connectivity index (χ1v) is 15.0. The third kappa shape index (κ3) is 7.14. The van der Waals surface area contributed by atoms with Gasteiger partial charge in [0.25, 0.3) is 5.56 Å². The summed E-state index contributed by atoms with van der Waals surface area (Å²) in [6.45, 7) is 7.80. The number of ether oxygens (including phenoxy) is 3. The van der Waals surface area contributed by atoms with Crippen molar-refractivity contribution in [2.45, 2.75) is 77.9 Å². The van der Waals surface area contributed by atoms with Crippen molar-refractivity contribution in [1.29, 1.82) is 0 Å². The highest BCUT2D eigenvalue weighted by molar-refractivity contribution is 6.31. The maximum atomic E-state index is 14.2. The van der Waals surface area contributed by atoms with Crippen LogP contribution in [-0.2, 0) is 33.8 Å². The van der Waals surface area contributed by atoms with Crippen LogP contribution >= 0.6 is 11.6 Å². The summed E-state index contributed by atoms with van der Waals surface area (Å²) in [7, 11) is 0. The zero-order valence-electron chi connectivity index (χ0n) is 24.5. The van der Waals surface area contributed by atoms with Gasteiger partial charge in [-0.1, -0.05) is 41.9 Å². The summed E-state index contributed by atoms with van der Waals surface area (Å²) in [6.07, 6.45) is 3.20. The van der Waals surface area contributed by atoms with Crippen molar-refractivity contribution in [1.82, 2.24) is 19.7 Å². The number of aromatic nitrogens is 3. The van der Waals surface area contributed by atoms with Crippen molar-refractivity contribution in [2.24, 2.45) is 0 Å². The summed E-state index contributed by atoms with van der Waals surface area (Å²) in [5.74, 6) is 0. The standard InChI is InChI=1S/C32H39ClN4O5/c1-32(2,3)42-31(39)34-16-9-17-36-25-14-13-23(33)20-24(25)29-28(30(36)38)26(37(35-29)27-12-7-8-18-41-27)15-19-40-21-22-10-5-4-6-11-22/h4-6,10-11,13-14,20,27H,7-9,12,15-19,21H2,1-3H3,(H,34,39). The number of pyridine rings is 1. The van der Waals surface area contributed by atoms with E-state index in [9.17, 15) is 9.59 Å². The smallest absolute Gasteiger partial charge is 0.407 e. The molecule has 10 heteroatoms. The molecule has 0 spiro atoms. The summed E-state index contributed by atoms with van der Waals surface area (Å²) in [5, 5.41) is 9.70. The van der Waals surface area contributed by atoms with Crippen LogP contribution in [0.1, 0.15) is 63.9 Å². The Kier molecular flexibility index (Phi) is 9.50. The Morgan fingerprint density at radius 1 is 1.17 bits per heavy atom. The first-order valence-electron chi connectivity index (χ1n) is 14.6. The molecule has 4 aromatic rings. The van der Waals surface area contributed by atoms with E-state index in [0.29, 0.717) is 61.7 Å². The zero-order chi connectivity index (χ0) is 29.7. The van der Waals surface area contributed by atoms with Crippen LogP contribution in [0.5, 0.6) is 0 Å². The van der Waals surface area contributed by atoms with Gasteiger partial charge < -0.3 is 24.1 Å². The quantitative estimate of drug-likeness (QED) is 0.214. The number of hydrogen-bond donors (Lipinski definition) is 1. The van der Waals surface area contributed by atoms with Crippen LogP contribution in [0.3, 0.4) is 0 Å². The normalized spacial score (nSPS) is 15.8. The van der Waals surface area contributed by atoms with Crippen molar-refractivity contribution in [2.75, 3.05) is 19.8 Å². The van der Waals surface area contributed by atoms with Crippen molar-refractivity contribution < 1.29 is 19.0 Å². The molecule has 9 nitrogen and oxygen atoms in total. The van der Waals surface area contributed by atoms with Crippen molar-refractivity contribution in [3.05, 3.63) is 75.2 Å². The third-order valence-corrected chi connectivity index (χ3v) is 7.46. The second-order valence-corrected chi connectivity index (χ2v) is 12.1. The number of amides is 1. The van der Waals surface area contributed by atoms with Crippen LogP contribution in [0, 0.1) is 0 Å². The molecule has 1 amide bonds. The number of hydrogen-bond acceptors (Lipinski definition) is 6. The van der Waals surface area contributed by atoms with Crippen LogP contribution < -0.4 is 10.9 Å². The van der Waals surface area contributed by atoms with E-state index in [2.05, 4.69) is 5.32 Å². The number of fused-ring (bicyclic) bond motifs is 3. The number of halogens is 1. The predicted octanol–water partition coefficient (Wildman–Crippen LogP) is 6.38. The largest absolute Gasteiger partial charge is 0.444 e. The number of aryl methyl sites for hydroxylation is 1. The molecule has 0 saturated carbocycles. The molecule has 3 heterocycles. The monoisotopic (exact) mass is 594 g/mol. The Morgan fingerprint density at radius 2 is 1.98 bits per heavy atom. The van der Waals surface area contributed by atoms with E-state index in [1.807, 2.05) is 67.9 Å². The van der Waals surface area contributed by atoms with Gasteiger partial charge in [0.15, 0.2) is 6.23 Å². The van der Waals surface area contributed by atoms with E-state index in [-0.39, 0.29) is 11.8 Å². The molecule has 224 valence electrons. The lowest BCUT2D eigenvalue weighted by Gasteiger charge is -2.24. The molecule has 42 heavy (non-hydrogen) atoms. The van der Waals surface area contributed by atoms with Gasteiger partial charge in [0.1, 0.15) is 11.1 Å². The Morgan fingerprint density at radius 3 is 2.71 bits per heavy atom. The van der Waals surface area contributed by atoms with Gasteiger partial charge in [-0.05, 0) is 70.2 Å². The Bertz CT molecular complexity index is 1590. The number of carbonyl (C=O) groups excluding carboxylic acids is 1. The lowest BCUT2D eigenvalue weighted by Crippen LogP contribution is -2.33. The minimum Gasteiger partial charge on any atom is -0.444 e. The average molecular weight is 595 g/mol. The van der Waals surface area contributed by atoms with E-state index in [4.69, 9.17) is 30.9 Å². The van der Waals surface area contributed by atoms with Crippen molar-refractivity contribution in [3.8, 4) is 0 Å². The molecule has 1 unspecified atom stereocenters. The van der Waals surface area contributed by atoms with E-state index < -0.39 is 11.7 Å². The fourth-order valence-electron chi connectivity index (χ4n) is 5.35. The molecule has 1 fully saturated rings. The summed E-state index contributed by atoms with van der Waals surface area (Å²) in [6, 6.07) is 15.5. The molecule has 2 aromatic heterocycles. The highest BCUT2D eigenvalue weighted by Gasteiger charge is 2.26. The highest BCUT2D eigenvalue weighted by Crippen LogP contribution is 2.31. The van der Waals surface area contributed by atoms with Crippen LogP contribution in [0.25, 0.3) is 21.8 Å². The average Bonchev–Trinajstić information content (AvgIpc) is 3.35. The van der Waals surface area contributed by atoms with Gasteiger partial charge in [-0.2, -0.15) is 5.10 Å². The molecule has 0 radical (unpaired) electrons. The SMILES string of the molecule is CC(C)(C)OC(=O)NCCCn1c(=O)c2c(CCOCc3ccccc3)n(C3CCCCO3)nc2c2cc(Cl)ccc21. The van der Waals surface area contributed by atoms with E-state index >= 15 is 0 Å². The Labute approximate surface area is 250 Å². The lowest BCUT2D eigenvalue weighted by atomic mass is 10.1. The first kappa shape index (κ1) is 30.1. The molecule has 0 bridgehead atoms. The molecular weight excluding hydrogens is 556 g/mol. The maximum Gasteiger partial charge on any atom is 0.407 e. The first-order chi connectivity index (χ1) is 20.2. The Hall–Kier alpha value is -3.40. The van der Waals surface area contributed by atoms with E-state index in [1.165, 1.54) is 0 Å². The van der Waals surface area contributed by atoms with Crippen LogP contribution in [-0.4, -0.2) is 45.8 Å². The molecule has 1 aliphatic heterocycles. The molecule has 5 rings (SSSR count). The van der Waals surface area contributed by atoms with Gasteiger partial charge in [-0.25, -0.2) is 9.48 Å². The van der Waals surface area contributed by atoms with Gasteiger partial charge in [0.05, 0.1) is 29.8 Å². The molecular formula is C32H39ClN4O5. The lowest BCUT2D eigenvalue weighted by molar-refractivity contribution is -0.0411. The van der Waals surface area contributed by atoms with Gasteiger partial charge in [0.2, 0.25) is 0 Å². The number of nitrogens with zero attached hydrogens (tertiary/aromatic N) is 3. The molecule has 0 aliphatic carbocycles. The van der Waals surface area contributed by atoms with Crippen molar-refractivity contribution in [3.63, 3.8) is 0 Å². The number of carbonyl (C=O) groups is 1. The van der Waals surface area contributed by atoms with Gasteiger partial charge >= 0.3 is 6.09 Å². The van der Waals surface area contributed by atoms with Gasteiger partial charge in [-0.15, -0.1) is 0 Å². The molecule has 1 atom stereocenters. The number of alkyl carbamates (subject to hydrolysis) is 1. The van der Waals surface area contributed by atoms with Crippen molar-refractivity contribution >= 4 is 39.5 Å². The van der Waals surface area contributed by atoms with Crippen LogP contribution in [0.2, 0.25) is 5.02 Å². The Balaban J connectivity index is 1.48. The summed E-state index contributed by atoms with van der Waals surface area (Å²) >= 11 is 6.45. The highest BCUT2D eigenvalue weighted by atomic mass is 35.5. The third-order valence-electron chi connectivity index (χ3n) is 7.22. The number of nitrogens with one attached hydrogen (secondary N) is 1. The molecule has 2 aromatic carbocycles. The molecule has 1 aliphatic rings. The predicted molar refractivity (Wildman–Crippen MR) is 164 cm³/mol. The number of benzene rings is 2. The summed E-state index contributed by atoms with van der Waals surface area (Å²) in [4.78, 5) is 26.3. The topological polar surface area (TPSA) is 96.6 Å². The van der Waals surface area contributed by atoms with E-state index in [0.717, 1.165) is 41.4 Å². The summed E-state index contributed by atoms with van der Waals surface area (Å²) in [5.41, 5.74) is 2.55. The molecule has 1 N–H and O–H groups in total. The fourth-order valence-corrected chi connectivity index (χ4v) is 5.52. The second kappa shape index (κ2) is 13.3. The minimum absolute atomic E-state index is 0.128. The number of rotatable bonds is 10. The van der Waals surface area contributed by atoms with E-state index in [1.54, 1.807) is 10.6 Å². The molecule has 1 saturated heterocycles. The fraction of sp³-hybridized carbons (Fsp3) is 0.469. The minimum atomic E-state index is -0.578. The maximum absolute atomic E-state index is 14.2. The van der Waals surface area contributed by atoms with Gasteiger partial charge in [-0.3, -0.25) is 4.79 Å². The summed E-state index contributed by atoms with van der Waals surface area (Å²) < 4.78 is 21.1. The van der Waals surface area contributed by atoms with Crippen LogP contribution in [0.4, 0.5) is 4.79 Å². The van der Waals surface area contributed by atoms with Crippen LogP contribution in [0.15, 0.2) is 53.3 Å². The second-order valence-electron chi connectivity index (χ2n) is 11.6.